The van der Waals surface area contributed by atoms with Gasteiger partial charge in [0.2, 0.25) is 17.7 Å². The van der Waals surface area contributed by atoms with Crippen LogP contribution in [0.5, 0.6) is 5.75 Å². The molecule has 0 radical (unpaired) electrons. The summed E-state index contributed by atoms with van der Waals surface area (Å²) in [5.74, 6) is -1.08. The fraction of sp³-hybridized carbons (Fsp3) is 0.526. The molecule has 1 fully saturated rings. The summed E-state index contributed by atoms with van der Waals surface area (Å²) in [5, 5.41) is 2.54. The lowest BCUT2D eigenvalue weighted by molar-refractivity contribution is -0.274. The molecule has 7 nitrogen and oxygen atoms in total. The number of nitrogens with zero attached hydrogens (tertiary/aromatic N) is 2. The van der Waals surface area contributed by atoms with E-state index in [1.54, 1.807) is 7.05 Å². The minimum absolute atomic E-state index is 0.0180. The van der Waals surface area contributed by atoms with Gasteiger partial charge < -0.3 is 10.1 Å². The summed E-state index contributed by atoms with van der Waals surface area (Å²) in [4.78, 5) is 39.5. The maximum Gasteiger partial charge on any atom is 0.573 e. The van der Waals surface area contributed by atoms with Gasteiger partial charge in [0, 0.05) is 12.2 Å². The molecule has 0 spiro atoms. The van der Waals surface area contributed by atoms with E-state index >= 15 is 0 Å². The number of likely N-dealkylation sites (tertiary alicyclic amines) is 1. The zero-order valence-corrected chi connectivity index (χ0v) is 16.5. The predicted octanol–water partition coefficient (Wildman–Crippen LogP) is 2.63. The van der Waals surface area contributed by atoms with Gasteiger partial charge in [-0.25, -0.2) is 0 Å². The van der Waals surface area contributed by atoms with Crippen molar-refractivity contribution in [3.05, 3.63) is 24.3 Å². The van der Waals surface area contributed by atoms with Gasteiger partial charge in [0.1, 0.15) is 5.75 Å². The van der Waals surface area contributed by atoms with Crippen molar-refractivity contribution in [2.45, 2.75) is 39.1 Å². The number of halogens is 3. The Balaban J connectivity index is 1.89. The molecule has 1 heterocycles. The Morgan fingerprint density at radius 1 is 1.28 bits per heavy atom. The maximum atomic E-state index is 12.5. The molecule has 10 heteroatoms. The molecule has 0 saturated carbocycles. The Hall–Kier alpha value is -2.62. The predicted molar refractivity (Wildman–Crippen MR) is 99.0 cm³/mol. The van der Waals surface area contributed by atoms with E-state index in [4.69, 9.17) is 0 Å². The molecule has 160 valence electrons. The Morgan fingerprint density at radius 3 is 2.45 bits per heavy atom. The molecule has 29 heavy (non-hydrogen) atoms. The number of anilines is 1. The number of imide groups is 1. The lowest BCUT2D eigenvalue weighted by Crippen LogP contribution is -2.43. The minimum atomic E-state index is -4.79. The number of nitrogens with one attached hydrogen (secondary N) is 1. The summed E-state index contributed by atoms with van der Waals surface area (Å²) in [6.45, 7) is 4.21. The topological polar surface area (TPSA) is 79.0 Å². The molecular formula is C19H24F3N3O4. The summed E-state index contributed by atoms with van der Waals surface area (Å²) in [6, 6.07) is 4.01. The Labute approximate surface area is 166 Å². The van der Waals surface area contributed by atoms with Gasteiger partial charge in [-0.05, 0) is 43.7 Å². The van der Waals surface area contributed by atoms with Crippen LogP contribution in [0.3, 0.4) is 0 Å². The quantitative estimate of drug-likeness (QED) is 0.661. The van der Waals surface area contributed by atoms with Crippen LogP contribution in [0.2, 0.25) is 0 Å². The van der Waals surface area contributed by atoms with Crippen LogP contribution in [0.25, 0.3) is 0 Å². The molecule has 2 rings (SSSR count). The fourth-order valence-electron chi connectivity index (χ4n) is 2.91. The number of carbonyl (C=O) groups excluding carboxylic acids is 3. The van der Waals surface area contributed by atoms with Crippen LogP contribution in [0.15, 0.2) is 24.3 Å². The number of benzene rings is 1. The van der Waals surface area contributed by atoms with Crippen molar-refractivity contribution in [1.82, 2.24) is 9.80 Å². The molecule has 0 unspecified atom stereocenters. The molecule has 1 aliphatic rings. The van der Waals surface area contributed by atoms with Gasteiger partial charge in [-0.3, -0.25) is 24.2 Å². The van der Waals surface area contributed by atoms with Crippen molar-refractivity contribution in [2.24, 2.45) is 5.92 Å². The van der Waals surface area contributed by atoms with Gasteiger partial charge >= 0.3 is 6.36 Å². The third-order valence-electron chi connectivity index (χ3n) is 4.45. The van der Waals surface area contributed by atoms with E-state index in [-0.39, 0.29) is 30.5 Å². The van der Waals surface area contributed by atoms with E-state index in [0.717, 1.165) is 12.1 Å². The molecule has 0 aliphatic carbocycles. The summed E-state index contributed by atoms with van der Waals surface area (Å²) in [6.07, 6.45) is -4.06. The number of rotatable bonds is 8. The second-order valence-corrected chi connectivity index (χ2v) is 7.32. The lowest BCUT2D eigenvalue weighted by atomic mass is 10.1. The first kappa shape index (κ1) is 22.7. The summed E-state index contributed by atoms with van der Waals surface area (Å²) >= 11 is 0. The highest BCUT2D eigenvalue weighted by atomic mass is 19.4. The Morgan fingerprint density at radius 2 is 1.90 bits per heavy atom. The Kier molecular flexibility index (Phi) is 7.23. The third kappa shape index (κ3) is 6.74. The van der Waals surface area contributed by atoms with Crippen LogP contribution < -0.4 is 10.1 Å². The highest BCUT2D eigenvalue weighted by Crippen LogP contribution is 2.24. The summed E-state index contributed by atoms with van der Waals surface area (Å²) < 4.78 is 40.3. The van der Waals surface area contributed by atoms with Gasteiger partial charge in [-0.1, -0.05) is 13.8 Å². The molecule has 0 bridgehead atoms. The van der Waals surface area contributed by atoms with Crippen LogP contribution in [0, 0.1) is 5.92 Å². The van der Waals surface area contributed by atoms with E-state index in [1.165, 1.54) is 21.9 Å². The van der Waals surface area contributed by atoms with Crippen molar-refractivity contribution in [1.29, 1.82) is 0 Å². The number of likely N-dealkylation sites (N-methyl/N-ethyl adjacent to an activating group) is 1. The van der Waals surface area contributed by atoms with Gasteiger partial charge in [0.05, 0.1) is 19.0 Å². The number of alkyl halides is 3. The van der Waals surface area contributed by atoms with E-state index < -0.39 is 24.1 Å². The summed E-state index contributed by atoms with van der Waals surface area (Å²) in [7, 11) is 1.57. The lowest BCUT2D eigenvalue weighted by Gasteiger charge is -2.22. The van der Waals surface area contributed by atoms with Gasteiger partial charge in [0.25, 0.3) is 0 Å². The fourth-order valence-corrected chi connectivity index (χ4v) is 2.91. The molecule has 1 aromatic rings. The first-order chi connectivity index (χ1) is 13.5. The number of amides is 3. The molecule has 1 atom stereocenters. The maximum absolute atomic E-state index is 12.5. The molecule has 1 aromatic carbocycles. The molecule has 1 N–H and O–H groups in total. The van der Waals surface area contributed by atoms with Gasteiger partial charge in [-0.2, -0.15) is 0 Å². The van der Waals surface area contributed by atoms with Crippen molar-refractivity contribution >= 4 is 23.4 Å². The van der Waals surface area contributed by atoms with Crippen LogP contribution in [0.1, 0.15) is 26.7 Å². The largest absolute Gasteiger partial charge is 0.573 e. The van der Waals surface area contributed by atoms with E-state index in [0.29, 0.717) is 18.9 Å². The molecular weight excluding hydrogens is 391 g/mol. The highest BCUT2D eigenvalue weighted by Gasteiger charge is 2.40. The second-order valence-electron chi connectivity index (χ2n) is 7.32. The second kappa shape index (κ2) is 9.25. The monoisotopic (exact) mass is 415 g/mol. The molecule has 1 saturated heterocycles. The first-order valence-electron chi connectivity index (χ1n) is 9.16. The summed E-state index contributed by atoms with van der Waals surface area (Å²) in [5.41, 5.74) is 0.283. The average molecular weight is 415 g/mol. The normalized spacial score (nSPS) is 17.4. The van der Waals surface area contributed by atoms with Crippen LogP contribution in [-0.4, -0.2) is 60.1 Å². The first-order valence-corrected chi connectivity index (χ1v) is 9.16. The zero-order valence-electron chi connectivity index (χ0n) is 16.5. The number of hydrogen-bond acceptors (Lipinski definition) is 5. The van der Waals surface area contributed by atoms with Crippen molar-refractivity contribution < 1.29 is 32.3 Å². The molecule has 3 amide bonds. The van der Waals surface area contributed by atoms with Gasteiger partial charge in [0.15, 0.2) is 0 Å². The standard InChI is InChI=1S/C19H24F3N3O4/c1-12(2)8-9-25-17(27)10-15(18(25)28)24(3)11-16(26)23-13-4-6-14(7-5-13)29-19(20,21)22/h4-7,12,15H,8-11H2,1-3H3,(H,23,26)/t15-/m0/s1. The number of hydrogen-bond donors (Lipinski definition) is 1. The molecule has 1 aliphatic heterocycles. The minimum Gasteiger partial charge on any atom is -0.406 e. The van der Waals surface area contributed by atoms with E-state index in [9.17, 15) is 27.6 Å². The number of carbonyl (C=O) groups is 3. The van der Waals surface area contributed by atoms with E-state index in [2.05, 4.69) is 10.1 Å². The van der Waals surface area contributed by atoms with Crippen molar-refractivity contribution in [2.75, 3.05) is 25.5 Å². The Bertz CT molecular complexity index is 750. The number of ether oxygens (including phenoxy) is 1. The highest BCUT2D eigenvalue weighted by molar-refractivity contribution is 6.05. The van der Waals surface area contributed by atoms with Gasteiger partial charge in [-0.15, -0.1) is 13.2 Å². The van der Waals surface area contributed by atoms with E-state index in [1.807, 2.05) is 13.8 Å². The smallest absolute Gasteiger partial charge is 0.406 e. The molecule has 0 aromatic heterocycles. The van der Waals surface area contributed by atoms with Crippen LogP contribution in [-0.2, 0) is 14.4 Å². The SMILES string of the molecule is CC(C)CCN1C(=O)C[C@H](N(C)CC(=O)Nc2ccc(OC(F)(F)F)cc2)C1=O. The van der Waals surface area contributed by atoms with Crippen molar-refractivity contribution in [3.63, 3.8) is 0 Å². The van der Waals surface area contributed by atoms with Crippen molar-refractivity contribution in [3.8, 4) is 5.75 Å². The van der Waals surface area contributed by atoms with Crippen LogP contribution >= 0.6 is 0 Å². The third-order valence-corrected chi connectivity index (χ3v) is 4.45. The average Bonchev–Trinajstić information content (AvgIpc) is 2.87. The van der Waals surface area contributed by atoms with Crippen LogP contribution in [0.4, 0.5) is 18.9 Å². The zero-order chi connectivity index (χ0) is 21.8.